The number of carbonyl (C=O) groups is 1. The standard InChI is InChI=1S/C15H19N3O2S/c1-3-20-15(19)18-14-7-5-11(8-13(14)16)17-9-12-6-4-10(2)21-12/h4-8,17H,3,9,16H2,1-2H3,(H,18,19). The molecule has 1 heterocycles. The van der Waals surface area contributed by atoms with Crippen LogP contribution >= 0.6 is 11.3 Å². The zero-order valence-electron chi connectivity index (χ0n) is 12.1. The van der Waals surface area contributed by atoms with Gasteiger partial charge in [-0.3, -0.25) is 5.32 Å². The van der Waals surface area contributed by atoms with Crippen molar-refractivity contribution in [1.29, 1.82) is 0 Å². The van der Waals surface area contributed by atoms with Crippen LogP contribution in [-0.4, -0.2) is 12.7 Å². The Morgan fingerprint density at radius 1 is 1.33 bits per heavy atom. The maximum absolute atomic E-state index is 11.4. The molecule has 2 aromatic rings. The molecule has 0 radical (unpaired) electrons. The van der Waals surface area contributed by atoms with Crippen LogP contribution < -0.4 is 16.4 Å². The molecule has 5 nitrogen and oxygen atoms in total. The van der Waals surface area contributed by atoms with E-state index in [1.54, 1.807) is 30.4 Å². The Balaban J connectivity index is 1.96. The molecular formula is C15H19N3O2S. The smallest absolute Gasteiger partial charge is 0.411 e. The van der Waals surface area contributed by atoms with Gasteiger partial charge in [0.25, 0.3) is 0 Å². The Labute approximate surface area is 128 Å². The predicted octanol–water partition coefficient (Wildman–Crippen LogP) is 3.82. The number of amides is 1. The second-order valence-electron chi connectivity index (χ2n) is 4.51. The van der Waals surface area contributed by atoms with Gasteiger partial charge in [0, 0.05) is 22.0 Å². The van der Waals surface area contributed by atoms with Gasteiger partial charge in [0.15, 0.2) is 0 Å². The maximum Gasteiger partial charge on any atom is 0.411 e. The average molecular weight is 305 g/mol. The lowest BCUT2D eigenvalue weighted by Gasteiger charge is -2.11. The van der Waals surface area contributed by atoms with Gasteiger partial charge in [0.05, 0.1) is 18.0 Å². The minimum absolute atomic E-state index is 0.325. The van der Waals surface area contributed by atoms with Gasteiger partial charge in [-0.15, -0.1) is 11.3 Å². The van der Waals surface area contributed by atoms with Crippen molar-refractivity contribution in [1.82, 2.24) is 0 Å². The summed E-state index contributed by atoms with van der Waals surface area (Å²) >= 11 is 1.76. The third kappa shape index (κ3) is 4.39. The molecule has 4 N–H and O–H groups in total. The molecule has 0 unspecified atom stereocenters. The number of rotatable bonds is 5. The molecule has 0 aliphatic carbocycles. The van der Waals surface area contributed by atoms with Crippen LogP contribution in [0, 0.1) is 6.92 Å². The lowest BCUT2D eigenvalue weighted by Crippen LogP contribution is -2.14. The van der Waals surface area contributed by atoms with Crippen molar-refractivity contribution < 1.29 is 9.53 Å². The van der Waals surface area contributed by atoms with E-state index in [1.807, 2.05) is 6.07 Å². The number of anilines is 3. The first-order valence-electron chi connectivity index (χ1n) is 6.71. The summed E-state index contributed by atoms with van der Waals surface area (Å²) in [5.74, 6) is 0. The van der Waals surface area contributed by atoms with E-state index in [2.05, 4.69) is 29.7 Å². The topological polar surface area (TPSA) is 76.4 Å². The molecule has 0 spiro atoms. The SMILES string of the molecule is CCOC(=O)Nc1ccc(NCc2ccc(C)s2)cc1N. The number of nitrogen functional groups attached to an aromatic ring is 1. The van der Waals surface area contributed by atoms with Crippen molar-refractivity contribution in [2.24, 2.45) is 0 Å². The van der Waals surface area contributed by atoms with E-state index < -0.39 is 6.09 Å². The van der Waals surface area contributed by atoms with Gasteiger partial charge in [-0.25, -0.2) is 4.79 Å². The van der Waals surface area contributed by atoms with Gasteiger partial charge < -0.3 is 15.8 Å². The van der Waals surface area contributed by atoms with Crippen LogP contribution in [0.15, 0.2) is 30.3 Å². The van der Waals surface area contributed by atoms with Crippen molar-refractivity contribution in [3.8, 4) is 0 Å². The van der Waals surface area contributed by atoms with E-state index in [-0.39, 0.29) is 0 Å². The molecule has 6 heteroatoms. The summed E-state index contributed by atoms with van der Waals surface area (Å²) in [4.78, 5) is 13.9. The Morgan fingerprint density at radius 2 is 2.14 bits per heavy atom. The van der Waals surface area contributed by atoms with Crippen LogP contribution in [0.4, 0.5) is 21.9 Å². The Morgan fingerprint density at radius 3 is 2.76 bits per heavy atom. The molecule has 0 atom stereocenters. The predicted molar refractivity (Wildman–Crippen MR) is 87.9 cm³/mol. The third-order valence-corrected chi connectivity index (χ3v) is 3.83. The van der Waals surface area contributed by atoms with Crippen molar-refractivity contribution >= 4 is 34.5 Å². The molecular weight excluding hydrogens is 286 g/mol. The second kappa shape index (κ2) is 6.99. The second-order valence-corrected chi connectivity index (χ2v) is 5.89. The molecule has 0 fully saturated rings. The number of aryl methyl sites for hydroxylation is 1. The number of carbonyl (C=O) groups excluding carboxylic acids is 1. The number of nitrogens with one attached hydrogen (secondary N) is 2. The minimum Gasteiger partial charge on any atom is -0.450 e. The van der Waals surface area contributed by atoms with Crippen LogP contribution in [0.1, 0.15) is 16.7 Å². The first-order chi connectivity index (χ1) is 10.1. The van der Waals surface area contributed by atoms with Crippen molar-refractivity contribution in [3.63, 3.8) is 0 Å². The molecule has 0 aliphatic rings. The molecule has 0 bridgehead atoms. The quantitative estimate of drug-likeness (QED) is 0.734. The van der Waals surface area contributed by atoms with Gasteiger partial charge in [0.1, 0.15) is 0 Å². The highest BCUT2D eigenvalue weighted by atomic mass is 32.1. The highest BCUT2D eigenvalue weighted by molar-refractivity contribution is 7.11. The fourth-order valence-electron chi connectivity index (χ4n) is 1.83. The summed E-state index contributed by atoms with van der Waals surface area (Å²) in [5.41, 5.74) is 7.88. The maximum atomic E-state index is 11.4. The number of thiophene rings is 1. The first kappa shape index (κ1) is 15.2. The Hall–Kier alpha value is -2.21. The zero-order valence-corrected chi connectivity index (χ0v) is 12.9. The van der Waals surface area contributed by atoms with E-state index in [4.69, 9.17) is 10.5 Å². The normalized spacial score (nSPS) is 10.2. The highest BCUT2D eigenvalue weighted by Gasteiger charge is 2.06. The van der Waals surface area contributed by atoms with E-state index in [1.165, 1.54) is 9.75 Å². The largest absolute Gasteiger partial charge is 0.450 e. The first-order valence-corrected chi connectivity index (χ1v) is 7.52. The van der Waals surface area contributed by atoms with Crippen LogP contribution in [-0.2, 0) is 11.3 Å². The van der Waals surface area contributed by atoms with Crippen molar-refractivity contribution in [3.05, 3.63) is 40.1 Å². The molecule has 1 aromatic carbocycles. The Bertz CT molecular complexity index is 625. The van der Waals surface area contributed by atoms with Gasteiger partial charge in [-0.2, -0.15) is 0 Å². The van der Waals surface area contributed by atoms with Crippen LogP contribution in [0.25, 0.3) is 0 Å². The van der Waals surface area contributed by atoms with Crippen LogP contribution in [0.2, 0.25) is 0 Å². The fraction of sp³-hybridized carbons (Fsp3) is 0.267. The number of nitrogens with two attached hydrogens (primary N) is 1. The molecule has 0 saturated carbocycles. The molecule has 0 saturated heterocycles. The van der Waals surface area contributed by atoms with Gasteiger partial charge >= 0.3 is 6.09 Å². The molecule has 1 amide bonds. The molecule has 1 aromatic heterocycles. The van der Waals surface area contributed by atoms with Crippen LogP contribution in [0.5, 0.6) is 0 Å². The average Bonchev–Trinajstić information content (AvgIpc) is 2.85. The highest BCUT2D eigenvalue weighted by Crippen LogP contribution is 2.24. The monoisotopic (exact) mass is 305 g/mol. The number of hydrogen-bond donors (Lipinski definition) is 3. The molecule has 0 aliphatic heterocycles. The number of hydrogen-bond acceptors (Lipinski definition) is 5. The minimum atomic E-state index is -0.501. The molecule has 112 valence electrons. The van der Waals surface area contributed by atoms with Crippen molar-refractivity contribution in [2.75, 3.05) is 23.0 Å². The lowest BCUT2D eigenvalue weighted by molar-refractivity contribution is 0.168. The van der Waals surface area contributed by atoms with Gasteiger partial charge in [-0.1, -0.05) is 0 Å². The van der Waals surface area contributed by atoms with E-state index >= 15 is 0 Å². The van der Waals surface area contributed by atoms with E-state index in [0.29, 0.717) is 18.0 Å². The summed E-state index contributed by atoms with van der Waals surface area (Å²) in [6, 6.07) is 9.63. The van der Waals surface area contributed by atoms with E-state index in [9.17, 15) is 4.79 Å². The molecule has 2 rings (SSSR count). The van der Waals surface area contributed by atoms with Crippen LogP contribution in [0.3, 0.4) is 0 Å². The van der Waals surface area contributed by atoms with Crippen molar-refractivity contribution in [2.45, 2.75) is 20.4 Å². The summed E-state index contributed by atoms with van der Waals surface area (Å²) in [5, 5.41) is 5.91. The summed E-state index contributed by atoms with van der Waals surface area (Å²) in [7, 11) is 0. The fourth-order valence-corrected chi connectivity index (χ4v) is 2.66. The summed E-state index contributed by atoms with van der Waals surface area (Å²) in [6.45, 7) is 4.92. The van der Waals surface area contributed by atoms with E-state index in [0.717, 1.165) is 12.2 Å². The van der Waals surface area contributed by atoms with Gasteiger partial charge in [-0.05, 0) is 44.2 Å². The summed E-state index contributed by atoms with van der Waals surface area (Å²) in [6.07, 6.45) is -0.501. The lowest BCUT2D eigenvalue weighted by atomic mass is 10.2. The molecule has 21 heavy (non-hydrogen) atoms. The zero-order chi connectivity index (χ0) is 15.2. The Kier molecular flexibility index (Phi) is 5.05. The number of benzene rings is 1. The van der Waals surface area contributed by atoms with Gasteiger partial charge in [0.2, 0.25) is 0 Å². The summed E-state index contributed by atoms with van der Waals surface area (Å²) < 4.78 is 4.82. The third-order valence-electron chi connectivity index (χ3n) is 2.83. The number of ether oxygens (including phenoxy) is 1.